The summed E-state index contributed by atoms with van der Waals surface area (Å²) in [7, 11) is 3.10. The van der Waals surface area contributed by atoms with Gasteiger partial charge in [0.1, 0.15) is 25.6 Å². The SMILES string of the molecule is COc1ccccc1OCCN1C(=O)S/C(=C\c2cc(Br)c(OCCOc3ccc(C(C)(C)C)cc3)c(OC)c2)C1=O. The maximum atomic E-state index is 13.0. The van der Waals surface area contributed by atoms with Crippen LogP contribution in [0, 0.1) is 0 Å². The molecule has 0 atom stereocenters. The van der Waals surface area contributed by atoms with Gasteiger partial charge in [-0.05, 0) is 86.7 Å². The van der Waals surface area contributed by atoms with E-state index in [4.69, 9.17) is 23.7 Å². The summed E-state index contributed by atoms with van der Waals surface area (Å²) in [4.78, 5) is 27.1. The summed E-state index contributed by atoms with van der Waals surface area (Å²) in [6.07, 6.45) is 1.66. The Kier molecular flexibility index (Phi) is 10.5. The third kappa shape index (κ3) is 7.80. The van der Waals surface area contributed by atoms with Crippen LogP contribution in [0.2, 0.25) is 0 Å². The molecule has 1 heterocycles. The van der Waals surface area contributed by atoms with E-state index < -0.39 is 0 Å². The molecule has 0 spiro atoms. The van der Waals surface area contributed by atoms with Crippen molar-refractivity contribution < 1.29 is 33.3 Å². The summed E-state index contributed by atoms with van der Waals surface area (Å²) in [6, 6.07) is 18.8. The number of ether oxygens (including phenoxy) is 5. The Bertz CT molecular complexity index is 1450. The van der Waals surface area contributed by atoms with Gasteiger partial charge in [-0.2, -0.15) is 0 Å². The van der Waals surface area contributed by atoms with Gasteiger partial charge < -0.3 is 23.7 Å². The molecule has 1 aliphatic heterocycles. The Labute approximate surface area is 259 Å². The van der Waals surface area contributed by atoms with E-state index in [9.17, 15) is 9.59 Å². The number of rotatable bonds is 12. The number of hydrogen-bond acceptors (Lipinski definition) is 8. The number of methoxy groups -OCH3 is 2. The first-order chi connectivity index (χ1) is 20.1. The van der Waals surface area contributed by atoms with Gasteiger partial charge >= 0.3 is 0 Å². The van der Waals surface area contributed by atoms with Crippen molar-refractivity contribution in [2.75, 3.05) is 40.6 Å². The number of nitrogens with zero attached hydrogens (tertiary/aromatic N) is 1. The highest BCUT2D eigenvalue weighted by atomic mass is 79.9. The highest BCUT2D eigenvalue weighted by Gasteiger charge is 2.35. The van der Waals surface area contributed by atoms with Crippen LogP contribution in [0.15, 0.2) is 70.0 Å². The van der Waals surface area contributed by atoms with Crippen LogP contribution in [-0.2, 0) is 10.2 Å². The second-order valence-corrected chi connectivity index (χ2v) is 12.2. The van der Waals surface area contributed by atoms with E-state index in [1.54, 1.807) is 38.5 Å². The lowest BCUT2D eigenvalue weighted by Gasteiger charge is -2.19. The molecule has 222 valence electrons. The first kappa shape index (κ1) is 31.3. The summed E-state index contributed by atoms with van der Waals surface area (Å²) >= 11 is 4.43. The van der Waals surface area contributed by atoms with Crippen LogP contribution >= 0.6 is 27.7 Å². The van der Waals surface area contributed by atoms with E-state index in [1.165, 1.54) is 10.5 Å². The standard InChI is InChI=1S/C32H34BrNO7S/c1-32(2,3)22-10-12-23(13-11-22)39-16-17-41-29-24(33)18-21(19-27(29)38-5)20-28-30(35)34(31(36)42-28)14-15-40-26-9-7-6-8-25(26)37-4/h6-13,18-20H,14-17H2,1-5H3/b28-20-. The number of hydrogen-bond donors (Lipinski definition) is 0. The molecule has 1 fully saturated rings. The summed E-state index contributed by atoms with van der Waals surface area (Å²) < 4.78 is 29.0. The number of para-hydroxylation sites is 2. The van der Waals surface area contributed by atoms with Gasteiger partial charge in [0.25, 0.3) is 11.1 Å². The van der Waals surface area contributed by atoms with Gasteiger partial charge in [-0.3, -0.25) is 14.5 Å². The lowest BCUT2D eigenvalue weighted by atomic mass is 9.87. The number of benzene rings is 3. The van der Waals surface area contributed by atoms with Crippen molar-refractivity contribution in [3.05, 3.63) is 81.2 Å². The van der Waals surface area contributed by atoms with Gasteiger partial charge in [0.15, 0.2) is 23.0 Å². The fraction of sp³-hybridized carbons (Fsp3) is 0.312. The molecule has 2 amide bonds. The molecule has 4 rings (SSSR count). The van der Waals surface area contributed by atoms with Crippen molar-refractivity contribution in [2.45, 2.75) is 26.2 Å². The van der Waals surface area contributed by atoms with Crippen molar-refractivity contribution in [2.24, 2.45) is 0 Å². The minimum absolute atomic E-state index is 0.0811. The molecule has 1 aliphatic rings. The van der Waals surface area contributed by atoms with Crippen molar-refractivity contribution >= 4 is 44.9 Å². The molecular weight excluding hydrogens is 622 g/mol. The highest BCUT2D eigenvalue weighted by Crippen LogP contribution is 2.39. The van der Waals surface area contributed by atoms with Crippen molar-refractivity contribution in [3.63, 3.8) is 0 Å². The normalized spacial score (nSPS) is 14.3. The van der Waals surface area contributed by atoms with Crippen LogP contribution in [-0.4, -0.2) is 56.6 Å². The molecule has 0 bridgehead atoms. The zero-order chi connectivity index (χ0) is 30.3. The third-order valence-electron chi connectivity index (χ3n) is 6.38. The molecule has 3 aromatic carbocycles. The molecule has 1 saturated heterocycles. The van der Waals surface area contributed by atoms with Gasteiger partial charge in [0, 0.05) is 0 Å². The number of imide groups is 1. The molecular formula is C32H34BrNO7S. The third-order valence-corrected chi connectivity index (χ3v) is 7.88. The minimum Gasteiger partial charge on any atom is -0.493 e. The van der Waals surface area contributed by atoms with Crippen LogP contribution in [0.3, 0.4) is 0 Å². The molecule has 0 N–H and O–H groups in total. The molecule has 0 radical (unpaired) electrons. The molecule has 42 heavy (non-hydrogen) atoms. The zero-order valence-corrected chi connectivity index (χ0v) is 26.7. The Hall–Kier alpha value is -3.63. The fourth-order valence-corrected chi connectivity index (χ4v) is 5.59. The fourth-order valence-electron chi connectivity index (χ4n) is 4.15. The van der Waals surface area contributed by atoms with Crippen LogP contribution in [0.1, 0.15) is 31.9 Å². The van der Waals surface area contributed by atoms with Crippen LogP contribution in [0.4, 0.5) is 4.79 Å². The zero-order valence-electron chi connectivity index (χ0n) is 24.3. The second-order valence-electron chi connectivity index (χ2n) is 10.3. The molecule has 3 aromatic rings. The summed E-state index contributed by atoms with van der Waals surface area (Å²) in [5, 5.41) is -0.353. The Balaban J connectivity index is 1.35. The predicted octanol–water partition coefficient (Wildman–Crippen LogP) is 7.34. The monoisotopic (exact) mass is 655 g/mol. The van der Waals surface area contributed by atoms with Gasteiger partial charge in [0.2, 0.25) is 0 Å². The van der Waals surface area contributed by atoms with Crippen molar-refractivity contribution in [1.82, 2.24) is 4.90 Å². The molecule has 0 unspecified atom stereocenters. The van der Waals surface area contributed by atoms with E-state index in [2.05, 4.69) is 48.8 Å². The largest absolute Gasteiger partial charge is 0.493 e. The smallest absolute Gasteiger partial charge is 0.293 e. The van der Waals surface area contributed by atoms with Crippen LogP contribution < -0.4 is 23.7 Å². The van der Waals surface area contributed by atoms with Crippen LogP contribution in [0.5, 0.6) is 28.7 Å². The number of halogens is 1. The number of thioether (sulfide) groups is 1. The second kappa shape index (κ2) is 14.0. The average Bonchev–Trinajstić information content (AvgIpc) is 3.23. The Morgan fingerprint density at radius 3 is 2.17 bits per heavy atom. The topological polar surface area (TPSA) is 83.5 Å². The van der Waals surface area contributed by atoms with E-state index >= 15 is 0 Å². The van der Waals surface area contributed by atoms with Gasteiger partial charge in [-0.1, -0.05) is 45.0 Å². The summed E-state index contributed by atoms with van der Waals surface area (Å²) in [5.41, 5.74) is 2.00. The number of amides is 2. The van der Waals surface area contributed by atoms with Crippen LogP contribution in [0.25, 0.3) is 6.08 Å². The molecule has 8 nitrogen and oxygen atoms in total. The van der Waals surface area contributed by atoms with E-state index in [-0.39, 0.29) is 29.7 Å². The summed E-state index contributed by atoms with van der Waals surface area (Å²) in [6.45, 7) is 7.41. The lowest BCUT2D eigenvalue weighted by molar-refractivity contribution is -0.123. The number of carbonyl (C=O) groups excluding carboxylic acids is 2. The molecule has 0 aromatic heterocycles. The predicted molar refractivity (Wildman–Crippen MR) is 168 cm³/mol. The Morgan fingerprint density at radius 2 is 1.50 bits per heavy atom. The average molecular weight is 657 g/mol. The Morgan fingerprint density at radius 1 is 0.833 bits per heavy atom. The number of carbonyl (C=O) groups is 2. The first-order valence-electron chi connectivity index (χ1n) is 13.4. The maximum Gasteiger partial charge on any atom is 0.293 e. The molecule has 0 aliphatic carbocycles. The van der Waals surface area contributed by atoms with Gasteiger partial charge in [-0.15, -0.1) is 0 Å². The van der Waals surface area contributed by atoms with Crippen molar-refractivity contribution in [3.8, 4) is 28.7 Å². The van der Waals surface area contributed by atoms with E-state index in [0.717, 1.165) is 17.5 Å². The van der Waals surface area contributed by atoms with E-state index in [1.807, 2.05) is 30.3 Å². The first-order valence-corrected chi connectivity index (χ1v) is 15.0. The maximum absolute atomic E-state index is 13.0. The minimum atomic E-state index is -0.378. The van der Waals surface area contributed by atoms with Crippen molar-refractivity contribution in [1.29, 1.82) is 0 Å². The van der Waals surface area contributed by atoms with Gasteiger partial charge in [-0.25, -0.2) is 0 Å². The van der Waals surface area contributed by atoms with Gasteiger partial charge in [0.05, 0.1) is 30.1 Å². The highest BCUT2D eigenvalue weighted by molar-refractivity contribution is 9.10. The quantitative estimate of drug-likeness (QED) is 0.148. The molecule has 0 saturated carbocycles. The van der Waals surface area contributed by atoms with E-state index in [0.29, 0.717) is 51.2 Å². The molecule has 10 heteroatoms. The lowest BCUT2D eigenvalue weighted by Crippen LogP contribution is -2.32. The summed E-state index contributed by atoms with van der Waals surface area (Å²) in [5.74, 6) is 2.52.